The van der Waals surface area contributed by atoms with Gasteiger partial charge in [0.2, 0.25) is 0 Å². The maximum atomic E-state index is 12.2. The molecule has 0 saturated heterocycles. The van der Waals surface area contributed by atoms with E-state index in [1.54, 1.807) is 12.4 Å². The third-order valence-corrected chi connectivity index (χ3v) is 4.26. The number of benzene rings is 1. The van der Waals surface area contributed by atoms with Crippen LogP contribution in [0, 0.1) is 0 Å². The Kier molecular flexibility index (Phi) is 3.29. The summed E-state index contributed by atoms with van der Waals surface area (Å²) in [6.45, 7) is 0.503. The molecule has 1 aliphatic rings. The van der Waals surface area contributed by atoms with Gasteiger partial charge in [-0.25, -0.2) is 15.0 Å². The minimum atomic E-state index is -0.105. The van der Waals surface area contributed by atoms with E-state index in [1.807, 2.05) is 30.1 Å². The van der Waals surface area contributed by atoms with E-state index in [1.165, 1.54) is 5.56 Å². The normalized spacial score (nSPS) is 13.3. The minimum absolute atomic E-state index is 0.105. The van der Waals surface area contributed by atoms with Gasteiger partial charge >= 0.3 is 0 Å². The number of aryl methyl sites for hydroxylation is 1. The highest BCUT2D eigenvalue weighted by atomic mass is 16.1. The summed E-state index contributed by atoms with van der Waals surface area (Å²) in [6, 6.07) is 7.37. The van der Waals surface area contributed by atoms with Gasteiger partial charge in [-0.2, -0.15) is 0 Å². The van der Waals surface area contributed by atoms with Crippen LogP contribution >= 0.6 is 0 Å². The Balaban J connectivity index is 1.68. The van der Waals surface area contributed by atoms with Crippen LogP contribution in [0.4, 0.5) is 5.82 Å². The van der Waals surface area contributed by atoms with Crippen molar-refractivity contribution in [3.8, 4) is 0 Å². The Hall–Kier alpha value is -2.76. The molecular formula is C17H17N5O. The summed E-state index contributed by atoms with van der Waals surface area (Å²) in [5.41, 5.74) is 2.97. The molecule has 6 heteroatoms. The predicted molar refractivity (Wildman–Crippen MR) is 88.5 cm³/mol. The number of hydrogen-bond donors (Lipinski definition) is 1. The predicted octanol–water partition coefficient (Wildman–Crippen LogP) is 1.84. The molecule has 0 radical (unpaired) electrons. The van der Waals surface area contributed by atoms with E-state index in [2.05, 4.69) is 19.9 Å². The number of rotatable bonds is 3. The minimum Gasteiger partial charge on any atom is -0.352 e. The fourth-order valence-electron chi connectivity index (χ4n) is 3.18. The van der Waals surface area contributed by atoms with Crippen molar-refractivity contribution in [2.45, 2.75) is 25.8 Å². The highest BCUT2D eigenvalue weighted by Gasteiger charge is 2.19. The van der Waals surface area contributed by atoms with Gasteiger partial charge in [0, 0.05) is 18.3 Å². The first-order valence-electron chi connectivity index (χ1n) is 7.74. The van der Waals surface area contributed by atoms with Crippen molar-refractivity contribution in [1.29, 1.82) is 0 Å². The number of hydrogen-bond acceptors (Lipinski definition) is 5. The molecule has 1 N–H and O–H groups in total. The molecule has 3 aromatic rings. The van der Waals surface area contributed by atoms with Crippen molar-refractivity contribution in [3.05, 3.63) is 58.0 Å². The lowest BCUT2D eigenvalue weighted by molar-refractivity contribution is 0.814. The number of anilines is 1. The molecule has 2 heterocycles. The second-order valence-electron chi connectivity index (χ2n) is 5.86. The van der Waals surface area contributed by atoms with E-state index in [0.717, 1.165) is 30.8 Å². The van der Waals surface area contributed by atoms with E-state index in [-0.39, 0.29) is 5.56 Å². The number of aromatic nitrogens is 4. The highest BCUT2D eigenvalue weighted by Crippen LogP contribution is 2.27. The summed E-state index contributed by atoms with van der Waals surface area (Å²) in [5, 5.41) is 0.613. The van der Waals surface area contributed by atoms with Crippen molar-refractivity contribution in [2.24, 2.45) is 0 Å². The average Bonchev–Trinajstić information content (AvgIpc) is 3.03. The van der Waals surface area contributed by atoms with E-state index in [9.17, 15) is 4.79 Å². The van der Waals surface area contributed by atoms with Gasteiger partial charge in [-0.15, -0.1) is 0 Å². The SMILES string of the molecule is CN(Cc1nc2ccccc2c(=O)[nH]1)c1ncnc2c1CCC2. The molecule has 116 valence electrons. The molecule has 0 amide bonds. The van der Waals surface area contributed by atoms with Crippen LogP contribution in [0.5, 0.6) is 0 Å². The first kappa shape index (κ1) is 13.9. The fraction of sp³-hybridized carbons (Fsp3) is 0.294. The molecule has 1 aliphatic carbocycles. The Morgan fingerprint density at radius 1 is 1.22 bits per heavy atom. The summed E-state index contributed by atoms with van der Waals surface area (Å²) in [4.78, 5) is 30.4. The van der Waals surface area contributed by atoms with Gasteiger partial charge in [0.05, 0.1) is 17.4 Å². The molecule has 0 saturated carbocycles. The molecule has 0 aliphatic heterocycles. The van der Waals surface area contributed by atoms with Crippen LogP contribution in [0.15, 0.2) is 35.4 Å². The van der Waals surface area contributed by atoms with Gasteiger partial charge < -0.3 is 9.88 Å². The lowest BCUT2D eigenvalue weighted by Gasteiger charge is -2.20. The van der Waals surface area contributed by atoms with Gasteiger partial charge in [0.15, 0.2) is 0 Å². The summed E-state index contributed by atoms with van der Waals surface area (Å²) < 4.78 is 0. The maximum Gasteiger partial charge on any atom is 0.258 e. The lowest BCUT2D eigenvalue weighted by atomic mass is 10.2. The third kappa shape index (κ3) is 2.46. The van der Waals surface area contributed by atoms with Gasteiger partial charge in [-0.3, -0.25) is 4.79 Å². The van der Waals surface area contributed by atoms with Crippen LogP contribution in [0.2, 0.25) is 0 Å². The number of fused-ring (bicyclic) bond motifs is 2. The van der Waals surface area contributed by atoms with Crippen molar-refractivity contribution >= 4 is 16.7 Å². The number of H-pyrrole nitrogens is 1. The fourth-order valence-corrected chi connectivity index (χ4v) is 3.18. The van der Waals surface area contributed by atoms with Crippen LogP contribution in [-0.4, -0.2) is 27.0 Å². The molecule has 23 heavy (non-hydrogen) atoms. The van der Waals surface area contributed by atoms with Gasteiger partial charge in [-0.1, -0.05) is 12.1 Å². The summed E-state index contributed by atoms with van der Waals surface area (Å²) in [6.07, 6.45) is 4.77. The van der Waals surface area contributed by atoms with E-state index in [4.69, 9.17) is 0 Å². The van der Waals surface area contributed by atoms with Gasteiger partial charge in [-0.05, 0) is 31.4 Å². The Morgan fingerprint density at radius 2 is 2.09 bits per heavy atom. The second-order valence-corrected chi connectivity index (χ2v) is 5.86. The van der Waals surface area contributed by atoms with E-state index < -0.39 is 0 Å². The summed E-state index contributed by atoms with van der Waals surface area (Å²) >= 11 is 0. The van der Waals surface area contributed by atoms with Crippen molar-refractivity contribution in [3.63, 3.8) is 0 Å². The second kappa shape index (κ2) is 5.46. The molecule has 0 fully saturated rings. The van der Waals surface area contributed by atoms with Crippen LogP contribution < -0.4 is 10.5 Å². The first-order chi connectivity index (χ1) is 11.2. The number of nitrogens with zero attached hydrogens (tertiary/aromatic N) is 4. The van der Waals surface area contributed by atoms with Crippen LogP contribution in [-0.2, 0) is 19.4 Å². The summed E-state index contributed by atoms with van der Waals surface area (Å²) in [5.74, 6) is 1.57. The molecule has 0 spiro atoms. The lowest BCUT2D eigenvalue weighted by Crippen LogP contribution is -2.23. The monoisotopic (exact) mass is 307 g/mol. The quantitative estimate of drug-likeness (QED) is 0.799. The highest BCUT2D eigenvalue weighted by molar-refractivity contribution is 5.77. The van der Waals surface area contributed by atoms with Crippen LogP contribution in [0.25, 0.3) is 10.9 Å². The van der Waals surface area contributed by atoms with Crippen molar-refractivity contribution < 1.29 is 0 Å². The van der Waals surface area contributed by atoms with Gasteiger partial charge in [0.25, 0.3) is 5.56 Å². The molecule has 0 unspecified atom stereocenters. The third-order valence-electron chi connectivity index (χ3n) is 4.26. The number of nitrogens with one attached hydrogen (secondary N) is 1. The molecule has 6 nitrogen and oxygen atoms in total. The van der Waals surface area contributed by atoms with E-state index in [0.29, 0.717) is 23.3 Å². The topological polar surface area (TPSA) is 74.8 Å². The maximum absolute atomic E-state index is 12.2. The van der Waals surface area contributed by atoms with Crippen LogP contribution in [0.1, 0.15) is 23.5 Å². The average molecular weight is 307 g/mol. The van der Waals surface area contributed by atoms with Crippen LogP contribution in [0.3, 0.4) is 0 Å². The van der Waals surface area contributed by atoms with Gasteiger partial charge in [0.1, 0.15) is 18.0 Å². The molecule has 2 aromatic heterocycles. The Bertz CT molecular complexity index is 934. The smallest absolute Gasteiger partial charge is 0.258 e. The first-order valence-corrected chi connectivity index (χ1v) is 7.74. The molecule has 1 aromatic carbocycles. The number of aromatic amines is 1. The molecular weight excluding hydrogens is 290 g/mol. The Labute approximate surface area is 133 Å². The Morgan fingerprint density at radius 3 is 3.00 bits per heavy atom. The summed E-state index contributed by atoms with van der Waals surface area (Å²) in [7, 11) is 1.97. The standard InChI is InChI=1S/C17H17N5O/c1-22(16-11-6-4-8-13(11)18-10-19-16)9-15-20-14-7-3-2-5-12(14)17(23)21-15/h2-3,5,7,10H,4,6,8-9H2,1H3,(H,20,21,23). The zero-order valence-electron chi connectivity index (χ0n) is 12.9. The molecule has 0 bridgehead atoms. The van der Waals surface area contributed by atoms with E-state index >= 15 is 0 Å². The molecule has 0 atom stereocenters. The largest absolute Gasteiger partial charge is 0.352 e. The zero-order valence-corrected chi connectivity index (χ0v) is 12.9. The molecule has 4 rings (SSSR count). The van der Waals surface area contributed by atoms with Crippen molar-refractivity contribution in [2.75, 3.05) is 11.9 Å². The number of para-hydroxylation sites is 1. The van der Waals surface area contributed by atoms with Crippen molar-refractivity contribution in [1.82, 2.24) is 19.9 Å². The zero-order chi connectivity index (χ0) is 15.8.